The summed E-state index contributed by atoms with van der Waals surface area (Å²) in [6.45, 7) is 0. The average Bonchev–Trinajstić information content (AvgIpc) is 2.54. The van der Waals surface area contributed by atoms with E-state index in [-0.39, 0.29) is 0 Å². The highest BCUT2D eigenvalue weighted by atomic mass is 35.5. The van der Waals surface area contributed by atoms with Gasteiger partial charge in [-0.3, -0.25) is 0 Å². The predicted molar refractivity (Wildman–Crippen MR) is 42.2 cm³/mol. The lowest BCUT2D eigenvalue weighted by Gasteiger charge is -2.21. The highest BCUT2D eigenvalue weighted by Crippen LogP contribution is 2.68. The molecule has 10 heavy (non-hydrogen) atoms. The van der Waals surface area contributed by atoms with Gasteiger partial charge in [-0.05, 0) is 24.2 Å². The zero-order valence-corrected chi connectivity index (χ0v) is 6.94. The molecule has 0 aliphatic heterocycles. The van der Waals surface area contributed by atoms with Crippen molar-refractivity contribution in [2.45, 2.75) is 11.8 Å². The Morgan fingerprint density at radius 1 is 1.50 bits per heavy atom. The largest absolute Gasteiger partial charge is 0.122 e. The third-order valence-corrected chi connectivity index (χ3v) is 4.23. The molecule has 0 saturated heterocycles. The molecular weight excluding hydrogens is 167 g/mol. The second-order valence-corrected chi connectivity index (χ2v) is 4.60. The SMILES string of the molecule is ClC1=CC2CC3C1C3C2Cl. The van der Waals surface area contributed by atoms with Gasteiger partial charge in [0, 0.05) is 16.3 Å². The molecular formula is C8H8Cl2. The van der Waals surface area contributed by atoms with Gasteiger partial charge in [-0.25, -0.2) is 0 Å². The molecule has 0 spiro atoms. The van der Waals surface area contributed by atoms with Crippen LogP contribution in [0.1, 0.15) is 6.42 Å². The first-order chi connectivity index (χ1) is 4.79. The molecule has 54 valence electrons. The predicted octanol–water partition coefficient (Wildman–Crippen LogP) is 2.61. The van der Waals surface area contributed by atoms with Gasteiger partial charge in [0.2, 0.25) is 0 Å². The molecule has 0 heterocycles. The number of alkyl halides is 1. The van der Waals surface area contributed by atoms with Gasteiger partial charge in [0.15, 0.2) is 0 Å². The van der Waals surface area contributed by atoms with E-state index in [4.69, 9.17) is 23.2 Å². The van der Waals surface area contributed by atoms with Crippen molar-refractivity contribution < 1.29 is 0 Å². The summed E-state index contributed by atoms with van der Waals surface area (Å²) in [5.41, 5.74) is 0. The van der Waals surface area contributed by atoms with Crippen LogP contribution in [0.4, 0.5) is 0 Å². The molecule has 2 saturated carbocycles. The van der Waals surface area contributed by atoms with Crippen molar-refractivity contribution in [3.05, 3.63) is 11.1 Å². The molecule has 0 nitrogen and oxygen atoms in total. The number of hydrogen-bond acceptors (Lipinski definition) is 0. The second-order valence-electron chi connectivity index (χ2n) is 3.66. The summed E-state index contributed by atoms with van der Waals surface area (Å²) in [6.07, 6.45) is 3.48. The molecule has 0 amide bonds. The van der Waals surface area contributed by atoms with Gasteiger partial charge in [0.1, 0.15) is 0 Å². The summed E-state index contributed by atoms with van der Waals surface area (Å²) in [5.74, 6) is 2.90. The minimum atomic E-state index is 0.414. The molecule has 2 heteroatoms. The van der Waals surface area contributed by atoms with Crippen molar-refractivity contribution in [3.8, 4) is 0 Å². The molecule has 0 aromatic carbocycles. The smallest absolute Gasteiger partial charge is 0.0436 e. The molecule has 0 aromatic heterocycles. The van der Waals surface area contributed by atoms with Gasteiger partial charge < -0.3 is 0 Å². The quantitative estimate of drug-likeness (QED) is 0.496. The second kappa shape index (κ2) is 1.56. The Kier molecular flexibility index (Phi) is 0.923. The number of hydrogen-bond donors (Lipinski definition) is 0. The Labute approximate surface area is 70.2 Å². The first-order valence-corrected chi connectivity index (χ1v) is 4.62. The van der Waals surface area contributed by atoms with Gasteiger partial charge in [-0.1, -0.05) is 17.7 Å². The third-order valence-electron chi connectivity index (χ3n) is 3.24. The Balaban J connectivity index is 2.09. The minimum Gasteiger partial charge on any atom is -0.122 e. The summed E-state index contributed by atoms with van der Waals surface area (Å²) < 4.78 is 0. The molecule has 5 atom stereocenters. The third kappa shape index (κ3) is 0.485. The zero-order chi connectivity index (χ0) is 6.88. The monoisotopic (exact) mass is 174 g/mol. The molecule has 4 bridgehead atoms. The molecule has 4 rings (SSSR count). The van der Waals surface area contributed by atoms with E-state index >= 15 is 0 Å². The minimum absolute atomic E-state index is 0.414. The maximum Gasteiger partial charge on any atom is 0.0436 e. The Hall–Kier alpha value is 0.320. The van der Waals surface area contributed by atoms with Crippen LogP contribution >= 0.6 is 23.2 Å². The van der Waals surface area contributed by atoms with E-state index in [1.165, 1.54) is 6.42 Å². The van der Waals surface area contributed by atoms with Crippen molar-refractivity contribution in [3.63, 3.8) is 0 Å². The molecule has 0 aromatic rings. The fraction of sp³-hybridized carbons (Fsp3) is 0.750. The molecule has 5 unspecified atom stereocenters. The Bertz CT molecular complexity index is 221. The Morgan fingerprint density at radius 2 is 2.30 bits per heavy atom. The van der Waals surface area contributed by atoms with Crippen molar-refractivity contribution in [1.82, 2.24) is 0 Å². The van der Waals surface area contributed by atoms with Gasteiger partial charge in [0.05, 0.1) is 0 Å². The van der Waals surface area contributed by atoms with Gasteiger partial charge in [-0.15, -0.1) is 11.6 Å². The van der Waals surface area contributed by atoms with Gasteiger partial charge in [-0.2, -0.15) is 0 Å². The van der Waals surface area contributed by atoms with Crippen molar-refractivity contribution in [1.29, 1.82) is 0 Å². The lowest BCUT2D eigenvalue weighted by Crippen LogP contribution is -2.17. The average molecular weight is 175 g/mol. The van der Waals surface area contributed by atoms with Crippen LogP contribution in [-0.4, -0.2) is 5.38 Å². The first kappa shape index (κ1) is 5.91. The van der Waals surface area contributed by atoms with Crippen LogP contribution in [0, 0.1) is 23.7 Å². The van der Waals surface area contributed by atoms with E-state index in [0.717, 1.165) is 16.9 Å². The molecule has 4 aliphatic carbocycles. The molecule has 0 N–H and O–H groups in total. The van der Waals surface area contributed by atoms with E-state index in [1.54, 1.807) is 0 Å². The number of rotatable bonds is 0. The van der Waals surface area contributed by atoms with Crippen LogP contribution < -0.4 is 0 Å². The first-order valence-electron chi connectivity index (χ1n) is 3.80. The summed E-state index contributed by atoms with van der Waals surface area (Å²) in [7, 11) is 0. The van der Waals surface area contributed by atoms with Crippen LogP contribution in [-0.2, 0) is 0 Å². The van der Waals surface area contributed by atoms with Crippen LogP contribution in [0.25, 0.3) is 0 Å². The summed E-state index contributed by atoms with van der Waals surface area (Å²) in [6, 6.07) is 0. The standard InChI is InChI=1S/C8H8Cl2/c9-5-2-3-1-4-6(5)7(4)8(3)10/h2-4,6-8H,1H2. The van der Waals surface area contributed by atoms with Crippen molar-refractivity contribution in [2.24, 2.45) is 23.7 Å². The fourth-order valence-corrected chi connectivity index (χ4v) is 3.72. The van der Waals surface area contributed by atoms with E-state index in [2.05, 4.69) is 6.08 Å². The van der Waals surface area contributed by atoms with Gasteiger partial charge in [0.25, 0.3) is 0 Å². The highest BCUT2D eigenvalue weighted by molar-refractivity contribution is 6.31. The maximum atomic E-state index is 6.16. The van der Waals surface area contributed by atoms with Crippen LogP contribution in [0.3, 0.4) is 0 Å². The summed E-state index contributed by atoms with van der Waals surface area (Å²) in [4.78, 5) is 0. The molecule has 0 radical (unpaired) electrons. The van der Waals surface area contributed by atoms with E-state index in [1.807, 2.05) is 0 Å². The van der Waals surface area contributed by atoms with E-state index in [9.17, 15) is 0 Å². The lowest BCUT2D eigenvalue weighted by molar-refractivity contribution is 0.519. The lowest BCUT2D eigenvalue weighted by atomic mass is 9.92. The molecule has 4 aliphatic rings. The van der Waals surface area contributed by atoms with Crippen molar-refractivity contribution >= 4 is 23.2 Å². The highest BCUT2D eigenvalue weighted by Gasteiger charge is 2.64. The van der Waals surface area contributed by atoms with Crippen LogP contribution in [0.15, 0.2) is 11.1 Å². The Morgan fingerprint density at radius 3 is 2.70 bits per heavy atom. The van der Waals surface area contributed by atoms with E-state index < -0.39 is 0 Å². The zero-order valence-electron chi connectivity index (χ0n) is 5.43. The molecule has 2 fully saturated rings. The fourth-order valence-electron chi connectivity index (χ4n) is 2.73. The normalized spacial score (nSPS) is 62.2. The van der Waals surface area contributed by atoms with Gasteiger partial charge >= 0.3 is 0 Å². The number of allylic oxidation sites excluding steroid dienone is 2. The topological polar surface area (TPSA) is 0 Å². The summed E-state index contributed by atoms with van der Waals surface area (Å²) >= 11 is 12.2. The van der Waals surface area contributed by atoms with Crippen LogP contribution in [0.2, 0.25) is 0 Å². The van der Waals surface area contributed by atoms with Crippen molar-refractivity contribution in [2.75, 3.05) is 0 Å². The maximum absolute atomic E-state index is 6.16. The number of halogens is 2. The summed E-state index contributed by atoms with van der Waals surface area (Å²) in [5, 5.41) is 1.51. The van der Waals surface area contributed by atoms with Crippen LogP contribution in [0.5, 0.6) is 0 Å². The van der Waals surface area contributed by atoms with E-state index in [0.29, 0.717) is 17.2 Å².